The molecular formula is C26H16F4N2O3. The van der Waals surface area contributed by atoms with Gasteiger partial charge in [-0.1, -0.05) is 30.3 Å². The monoisotopic (exact) mass is 480 g/mol. The van der Waals surface area contributed by atoms with Crippen molar-refractivity contribution < 1.29 is 32.3 Å². The normalized spacial score (nSPS) is 17.9. The van der Waals surface area contributed by atoms with Gasteiger partial charge in [-0.3, -0.25) is 14.5 Å². The van der Waals surface area contributed by atoms with Crippen LogP contribution in [0.3, 0.4) is 0 Å². The van der Waals surface area contributed by atoms with Crippen LogP contribution in [0, 0.1) is 5.82 Å². The van der Waals surface area contributed by atoms with Crippen LogP contribution in [0.4, 0.5) is 23.2 Å². The number of aliphatic hydroxyl groups is 1. The van der Waals surface area contributed by atoms with Crippen molar-refractivity contribution in [3.8, 4) is 0 Å². The second-order valence-electron chi connectivity index (χ2n) is 8.01. The predicted octanol–water partition coefficient (Wildman–Crippen LogP) is 5.95. The molecule has 0 bridgehead atoms. The van der Waals surface area contributed by atoms with E-state index in [-0.39, 0.29) is 16.8 Å². The average molecular weight is 480 g/mol. The van der Waals surface area contributed by atoms with Crippen molar-refractivity contribution in [3.05, 3.63) is 107 Å². The molecule has 1 aromatic heterocycles. The summed E-state index contributed by atoms with van der Waals surface area (Å²) in [6.07, 6.45) is -3.09. The Morgan fingerprint density at radius 1 is 0.914 bits per heavy atom. The lowest BCUT2D eigenvalue weighted by atomic mass is 9.95. The first-order chi connectivity index (χ1) is 16.7. The predicted molar refractivity (Wildman–Crippen MR) is 121 cm³/mol. The maximum Gasteiger partial charge on any atom is 0.416 e. The standard InChI is InChI=1S/C26H16F4N2O3/c27-16-9-5-14(6-10-16)22-21(23(33)19-13-31-20-4-2-1-3-18(19)20)24(34)25(35)32(22)17-11-7-15(8-12-17)26(28,29)30/h1-13,22,31,33H/b23-21-. The minimum Gasteiger partial charge on any atom is -0.507 e. The van der Waals surface area contributed by atoms with Gasteiger partial charge < -0.3 is 10.1 Å². The lowest BCUT2D eigenvalue weighted by Crippen LogP contribution is -2.29. The van der Waals surface area contributed by atoms with Gasteiger partial charge in [-0.15, -0.1) is 0 Å². The molecule has 0 saturated carbocycles. The fraction of sp³-hybridized carbons (Fsp3) is 0.0769. The SMILES string of the molecule is O=C1C(=O)N(c2ccc(C(F)(F)F)cc2)C(c2ccc(F)cc2)/C1=C(/O)c1c[nH]c2ccccc12. The molecule has 5 nitrogen and oxygen atoms in total. The quantitative estimate of drug-likeness (QED) is 0.165. The van der Waals surface area contributed by atoms with Crippen molar-refractivity contribution in [2.45, 2.75) is 12.2 Å². The number of carbonyl (C=O) groups excluding carboxylic acids is 2. The molecule has 1 fully saturated rings. The first-order valence-corrected chi connectivity index (χ1v) is 10.5. The number of amides is 1. The Morgan fingerprint density at radius 3 is 2.23 bits per heavy atom. The smallest absolute Gasteiger partial charge is 0.416 e. The van der Waals surface area contributed by atoms with Crippen molar-refractivity contribution in [1.29, 1.82) is 0 Å². The Bertz CT molecular complexity index is 1490. The van der Waals surface area contributed by atoms with Gasteiger partial charge in [0.2, 0.25) is 0 Å². The number of H-pyrrole nitrogens is 1. The van der Waals surface area contributed by atoms with Crippen LogP contribution in [0.5, 0.6) is 0 Å². The van der Waals surface area contributed by atoms with Crippen LogP contribution in [0.1, 0.15) is 22.7 Å². The summed E-state index contributed by atoms with van der Waals surface area (Å²) in [4.78, 5) is 30.3. The summed E-state index contributed by atoms with van der Waals surface area (Å²) in [6, 6.07) is 14.6. The lowest BCUT2D eigenvalue weighted by molar-refractivity contribution is -0.137. The van der Waals surface area contributed by atoms with Crippen molar-refractivity contribution in [2.24, 2.45) is 0 Å². The van der Waals surface area contributed by atoms with E-state index in [1.54, 1.807) is 24.3 Å². The molecule has 3 aromatic carbocycles. The zero-order valence-electron chi connectivity index (χ0n) is 17.8. The number of fused-ring (bicyclic) bond motifs is 1. The van der Waals surface area contributed by atoms with Crippen molar-refractivity contribution >= 4 is 34.0 Å². The van der Waals surface area contributed by atoms with Gasteiger partial charge in [0.25, 0.3) is 11.7 Å². The van der Waals surface area contributed by atoms with E-state index in [4.69, 9.17) is 0 Å². The third kappa shape index (κ3) is 3.74. The van der Waals surface area contributed by atoms with Crippen LogP contribution in [0.2, 0.25) is 0 Å². The number of anilines is 1. The molecule has 5 rings (SSSR count). The second kappa shape index (κ2) is 8.12. The number of benzene rings is 3. The van der Waals surface area contributed by atoms with Crippen LogP contribution in [-0.2, 0) is 15.8 Å². The van der Waals surface area contributed by atoms with Crippen LogP contribution < -0.4 is 4.90 Å². The van der Waals surface area contributed by atoms with E-state index in [1.165, 1.54) is 18.3 Å². The summed E-state index contributed by atoms with van der Waals surface area (Å²) in [5, 5.41) is 11.8. The number of hydrogen-bond donors (Lipinski definition) is 2. The number of Topliss-reactive ketones (excluding diaryl/α,β-unsaturated/α-hetero) is 1. The third-order valence-electron chi connectivity index (χ3n) is 5.95. The van der Waals surface area contributed by atoms with E-state index in [1.807, 2.05) is 0 Å². The highest BCUT2D eigenvalue weighted by Gasteiger charge is 2.47. The molecule has 1 aliphatic heterocycles. The Hall–Kier alpha value is -4.40. The number of carbonyl (C=O) groups is 2. The van der Waals surface area contributed by atoms with Gasteiger partial charge >= 0.3 is 6.18 Å². The van der Waals surface area contributed by atoms with Gasteiger partial charge in [0.05, 0.1) is 17.2 Å². The average Bonchev–Trinajstić information content (AvgIpc) is 3.38. The number of hydrogen-bond acceptors (Lipinski definition) is 3. The summed E-state index contributed by atoms with van der Waals surface area (Å²) >= 11 is 0. The molecule has 176 valence electrons. The number of nitrogens with zero attached hydrogens (tertiary/aromatic N) is 1. The van der Waals surface area contributed by atoms with Gasteiger partial charge in [-0.2, -0.15) is 13.2 Å². The summed E-state index contributed by atoms with van der Waals surface area (Å²) in [5.74, 6) is -3.05. The van der Waals surface area contributed by atoms with Gasteiger partial charge in [0.15, 0.2) is 0 Å². The molecular weight excluding hydrogens is 464 g/mol. The molecule has 2 N–H and O–H groups in total. The third-order valence-corrected chi connectivity index (χ3v) is 5.95. The van der Waals surface area contributed by atoms with Crippen LogP contribution in [0.15, 0.2) is 84.6 Å². The van der Waals surface area contributed by atoms with Gasteiger partial charge in [0, 0.05) is 28.4 Å². The lowest BCUT2D eigenvalue weighted by Gasteiger charge is -2.25. The van der Waals surface area contributed by atoms with Gasteiger partial charge in [-0.25, -0.2) is 4.39 Å². The van der Waals surface area contributed by atoms with Crippen LogP contribution in [0.25, 0.3) is 16.7 Å². The van der Waals surface area contributed by atoms with E-state index in [2.05, 4.69) is 4.98 Å². The number of para-hydroxylation sites is 1. The molecule has 1 atom stereocenters. The maximum atomic E-state index is 13.6. The Morgan fingerprint density at radius 2 is 1.57 bits per heavy atom. The van der Waals surface area contributed by atoms with Crippen LogP contribution >= 0.6 is 0 Å². The number of alkyl halides is 3. The van der Waals surface area contributed by atoms with Crippen LogP contribution in [-0.4, -0.2) is 21.8 Å². The second-order valence-corrected chi connectivity index (χ2v) is 8.01. The molecule has 9 heteroatoms. The van der Waals surface area contributed by atoms with E-state index < -0.39 is 41.0 Å². The highest BCUT2D eigenvalue weighted by molar-refractivity contribution is 6.51. The van der Waals surface area contributed by atoms with Crippen molar-refractivity contribution in [2.75, 3.05) is 4.90 Å². The van der Waals surface area contributed by atoms with Crippen molar-refractivity contribution in [3.63, 3.8) is 0 Å². The first-order valence-electron chi connectivity index (χ1n) is 10.5. The minimum absolute atomic E-state index is 0.0207. The number of aromatic nitrogens is 1. The van der Waals surface area contributed by atoms with E-state index in [0.29, 0.717) is 16.5 Å². The minimum atomic E-state index is -4.58. The summed E-state index contributed by atoms with van der Waals surface area (Å²) in [7, 11) is 0. The summed E-state index contributed by atoms with van der Waals surface area (Å²) in [5.41, 5.74) is 0.1000. The fourth-order valence-corrected chi connectivity index (χ4v) is 4.28. The Kier molecular flexibility index (Phi) is 5.20. The highest BCUT2D eigenvalue weighted by atomic mass is 19.4. The molecule has 1 unspecified atom stereocenters. The Labute approximate surface area is 195 Å². The zero-order valence-corrected chi connectivity index (χ0v) is 17.8. The molecule has 0 spiro atoms. The molecule has 4 aromatic rings. The molecule has 2 heterocycles. The summed E-state index contributed by atoms with van der Waals surface area (Å²) in [6.45, 7) is 0. The number of nitrogens with one attached hydrogen (secondary N) is 1. The van der Waals surface area contributed by atoms with Gasteiger partial charge in [0.1, 0.15) is 11.6 Å². The highest BCUT2D eigenvalue weighted by Crippen LogP contribution is 2.43. The summed E-state index contributed by atoms with van der Waals surface area (Å²) < 4.78 is 52.8. The first kappa shape index (κ1) is 22.4. The number of halogens is 4. The number of ketones is 1. The van der Waals surface area contributed by atoms with E-state index in [0.717, 1.165) is 41.3 Å². The molecule has 0 radical (unpaired) electrons. The topological polar surface area (TPSA) is 73.4 Å². The number of aliphatic hydroxyl groups excluding tert-OH is 1. The maximum absolute atomic E-state index is 13.6. The van der Waals surface area contributed by atoms with Gasteiger partial charge in [-0.05, 0) is 48.0 Å². The molecule has 0 aliphatic carbocycles. The van der Waals surface area contributed by atoms with Crippen molar-refractivity contribution in [1.82, 2.24) is 4.98 Å². The number of rotatable bonds is 3. The zero-order chi connectivity index (χ0) is 24.9. The number of aromatic amines is 1. The molecule has 1 aliphatic rings. The molecule has 1 amide bonds. The van der Waals surface area contributed by atoms with E-state index >= 15 is 0 Å². The van der Waals surface area contributed by atoms with E-state index in [9.17, 15) is 32.3 Å². The fourth-order valence-electron chi connectivity index (χ4n) is 4.28. The Balaban J connectivity index is 1.71. The largest absolute Gasteiger partial charge is 0.507 e. The molecule has 1 saturated heterocycles. The molecule has 35 heavy (non-hydrogen) atoms.